The lowest BCUT2D eigenvalue weighted by molar-refractivity contribution is 0.0820. The fraction of sp³-hybridized carbons (Fsp3) is 0.636. The van der Waals surface area contributed by atoms with Crippen molar-refractivity contribution in [1.82, 2.24) is 9.97 Å². The number of hydrogen-bond donors (Lipinski definition) is 1. The fourth-order valence-electron chi connectivity index (χ4n) is 1.85. The lowest BCUT2D eigenvalue weighted by Crippen LogP contribution is -2.30. The van der Waals surface area contributed by atoms with E-state index in [1.807, 2.05) is 13.1 Å². The normalized spacial score (nSPS) is 21.6. The summed E-state index contributed by atoms with van der Waals surface area (Å²) in [5, 5.41) is 2.95. The van der Waals surface area contributed by atoms with Gasteiger partial charge in [0.1, 0.15) is 5.82 Å². The van der Waals surface area contributed by atoms with Gasteiger partial charge in [0, 0.05) is 32.9 Å². The fourth-order valence-corrected chi connectivity index (χ4v) is 1.85. The maximum absolute atomic E-state index is 5.61. The lowest BCUT2D eigenvalue weighted by atomic mass is 10.3. The molecule has 1 saturated heterocycles. The van der Waals surface area contributed by atoms with Crippen molar-refractivity contribution in [1.29, 1.82) is 0 Å². The molecule has 0 saturated carbocycles. The van der Waals surface area contributed by atoms with Crippen LogP contribution >= 0.6 is 0 Å². The minimum absolute atomic E-state index is 0.260. The Balaban J connectivity index is 2.14. The van der Waals surface area contributed by atoms with Crippen molar-refractivity contribution >= 4 is 11.8 Å². The van der Waals surface area contributed by atoms with Gasteiger partial charge in [0.2, 0.25) is 5.95 Å². The van der Waals surface area contributed by atoms with Crippen molar-refractivity contribution < 1.29 is 4.74 Å². The van der Waals surface area contributed by atoms with Crippen molar-refractivity contribution in [2.45, 2.75) is 19.4 Å². The molecule has 0 aliphatic carbocycles. The summed E-state index contributed by atoms with van der Waals surface area (Å²) in [5.41, 5.74) is 0. The van der Waals surface area contributed by atoms with Gasteiger partial charge in [-0.3, -0.25) is 0 Å². The van der Waals surface area contributed by atoms with Crippen LogP contribution in [0, 0.1) is 0 Å². The molecule has 0 spiro atoms. The zero-order chi connectivity index (χ0) is 11.4. The van der Waals surface area contributed by atoms with Crippen LogP contribution in [0.25, 0.3) is 0 Å². The number of anilines is 2. The summed E-state index contributed by atoms with van der Waals surface area (Å²) in [7, 11) is 1.83. The average molecular weight is 222 g/mol. The van der Waals surface area contributed by atoms with E-state index >= 15 is 0 Å². The van der Waals surface area contributed by atoms with Crippen molar-refractivity contribution in [3.63, 3.8) is 0 Å². The van der Waals surface area contributed by atoms with E-state index in [0.717, 1.165) is 31.9 Å². The van der Waals surface area contributed by atoms with Gasteiger partial charge in [-0.15, -0.1) is 0 Å². The highest BCUT2D eigenvalue weighted by Crippen LogP contribution is 2.15. The molecule has 0 amide bonds. The third-order valence-electron chi connectivity index (χ3n) is 2.64. The van der Waals surface area contributed by atoms with Gasteiger partial charge in [0.15, 0.2) is 0 Å². The molecule has 1 atom stereocenters. The molecule has 0 bridgehead atoms. The largest absolute Gasteiger partial charge is 0.377 e. The first-order chi connectivity index (χ1) is 7.79. The minimum Gasteiger partial charge on any atom is -0.377 e. The van der Waals surface area contributed by atoms with Crippen LogP contribution in [0.4, 0.5) is 11.8 Å². The number of hydrogen-bond acceptors (Lipinski definition) is 5. The molecule has 5 nitrogen and oxygen atoms in total. The molecule has 2 rings (SSSR count). The van der Waals surface area contributed by atoms with E-state index < -0.39 is 0 Å². The summed E-state index contributed by atoms with van der Waals surface area (Å²) in [6, 6.07) is 1.94. The molecule has 1 unspecified atom stereocenters. The van der Waals surface area contributed by atoms with E-state index in [1.54, 1.807) is 6.20 Å². The van der Waals surface area contributed by atoms with Gasteiger partial charge in [0.25, 0.3) is 0 Å². The summed E-state index contributed by atoms with van der Waals surface area (Å²) >= 11 is 0. The van der Waals surface area contributed by atoms with Gasteiger partial charge in [0.05, 0.1) is 6.10 Å². The van der Waals surface area contributed by atoms with Gasteiger partial charge >= 0.3 is 0 Å². The second-order valence-electron chi connectivity index (χ2n) is 3.97. The third-order valence-corrected chi connectivity index (χ3v) is 2.64. The van der Waals surface area contributed by atoms with Crippen LogP contribution in [-0.4, -0.2) is 42.8 Å². The lowest BCUT2D eigenvalue weighted by Gasteiger charge is -2.23. The maximum Gasteiger partial charge on any atom is 0.224 e. The highest BCUT2D eigenvalue weighted by molar-refractivity contribution is 5.42. The third kappa shape index (κ3) is 2.61. The van der Waals surface area contributed by atoms with Crippen LogP contribution < -0.4 is 10.2 Å². The zero-order valence-corrected chi connectivity index (χ0v) is 9.81. The molecule has 1 aliphatic heterocycles. The number of rotatable bonds is 2. The Labute approximate surface area is 95.8 Å². The minimum atomic E-state index is 0.260. The highest BCUT2D eigenvalue weighted by Gasteiger charge is 2.16. The Morgan fingerprint density at radius 2 is 2.44 bits per heavy atom. The Bertz CT molecular complexity index is 345. The molecular weight excluding hydrogens is 204 g/mol. The van der Waals surface area contributed by atoms with Crippen LogP contribution in [0.15, 0.2) is 12.3 Å². The first-order valence-electron chi connectivity index (χ1n) is 5.67. The SMILES string of the molecule is CNc1nccc(N2CCCOC(C)C2)n1. The second-order valence-corrected chi connectivity index (χ2v) is 3.97. The number of nitrogens with one attached hydrogen (secondary N) is 1. The molecule has 0 aromatic carbocycles. The summed E-state index contributed by atoms with van der Waals surface area (Å²) in [5.74, 6) is 1.63. The van der Waals surface area contributed by atoms with Gasteiger partial charge in [-0.25, -0.2) is 4.98 Å². The second kappa shape index (κ2) is 5.12. The molecule has 1 aliphatic rings. The van der Waals surface area contributed by atoms with E-state index in [9.17, 15) is 0 Å². The van der Waals surface area contributed by atoms with E-state index in [-0.39, 0.29) is 6.10 Å². The van der Waals surface area contributed by atoms with Crippen LogP contribution in [0.5, 0.6) is 0 Å². The predicted octanol–water partition coefficient (Wildman–Crippen LogP) is 1.13. The Morgan fingerprint density at radius 1 is 1.56 bits per heavy atom. The first kappa shape index (κ1) is 11.1. The van der Waals surface area contributed by atoms with E-state index in [0.29, 0.717) is 5.95 Å². The smallest absolute Gasteiger partial charge is 0.224 e. The summed E-state index contributed by atoms with van der Waals surface area (Å²) in [4.78, 5) is 10.8. The standard InChI is InChI=1S/C11H18N4O/c1-9-8-15(6-3-7-16-9)10-4-5-13-11(12-2)14-10/h4-5,9H,3,6-8H2,1-2H3,(H,12,13,14). The van der Waals surface area contributed by atoms with Crippen LogP contribution in [0.2, 0.25) is 0 Å². The van der Waals surface area contributed by atoms with Crippen LogP contribution in [0.3, 0.4) is 0 Å². The highest BCUT2D eigenvalue weighted by atomic mass is 16.5. The molecule has 1 aromatic heterocycles. The van der Waals surface area contributed by atoms with Crippen LogP contribution in [0.1, 0.15) is 13.3 Å². The number of aromatic nitrogens is 2. The quantitative estimate of drug-likeness (QED) is 0.813. The summed E-state index contributed by atoms with van der Waals surface area (Å²) in [6.07, 6.45) is 3.09. The molecule has 16 heavy (non-hydrogen) atoms. The van der Waals surface area contributed by atoms with E-state index in [1.165, 1.54) is 0 Å². The monoisotopic (exact) mass is 222 g/mol. The van der Waals surface area contributed by atoms with Gasteiger partial charge in [-0.05, 0) is 19.4 Å². The maximum atomic E-state index is 5.61. The molecule has 1 fully saturated rings. The topological polar surface area (TPSA) is 50.3 Å². The Morgan fingerprint density at radius 3 is 3.25 bits per heavy atom. The number of nitrogens with zero attached hydrogens (tertiary/aromatic N) is 3. The first-order valence-corrected chi connectivity index (χ1v) is 5.67. The van der Waals surface area contributed by atoms with Crippen LogP contribution in [-0.2, 0) is 4.74 Å². The molecule has 1 aromatic rings. The molecular formula is C11H18N4O. The zero-order valence-electron chi connectivity index (χ0n) is 9.81. The molecule has 2 heterocycles. The van der Waals surface area contributed by atoms with Gasteiger partial charge in [-0.1, -0.05) is 0 Å². The Hall–Kier alpha value is -1.36. The predicted molar refractivity (Wildman–Crippen MR) is 63.8 cm³/mol. The summed E-state index contributed by atoms with van der Waals surface area (Å²) < 4.78 is 5.61. The molecule has 5 heteroatoms. The summed E-state index contributed by atoms with van der Waals surface area (Å²) in [6.45, 7) is 4.81. The van der Waals surface area contributed by atoms with Crippen molar-refractivity contribution in [3.8, 4) is 0 Å². The van der Waals surface area contributed by atoms with Crippen molar-refractivity contribution in [2.75, 3.05) is 37.0 Å². The Kier molecular flexibility index (Phi) is 3.56. The van der Waals surface area contributed by atoms with Gasteiger partial charge in [-0.2, -0.15) is 4.98 Å². The van der Waals surface area contributed by atoms with Crippen molar-refractivity contribution in [3.05, 3.63) is 12.3 Å². The molecule has 88 valence electrons. The molecule has 1 N–H and O–H groups in total. The van der Waals surface area contributed by atoms with E-state index in [4.69, 9.17) is 4.74 Å². The average Bonchev–Trinajstić information content (AvgIpc) is 2.54. The van der Waals surface area contributed by atoms with Crippen molar-refractivity contribution in [2.24, 2.45) is 0 Å². The van der Waals surface area contributed by atoms with Gasteiger partial charge < -0.3 is 15.0 Å². The molecule has 0 radical (unpaired) electrons. The number of ether oxygens (including phenoxy) is 1. The van der Waals surface area contributed by atoms with E-state index in [2.05, 4.69) is 27.1 Å².